The molecule has 0 heterocycles. The molecule has 15 heavy (non-hydrogen) atoms. The van der Waals surface area contributed by atoms with Crippen LogP contribution >= 0.6 is 11.6 Å². The Morgan fingerprint density at radius 2 is 2.07 bits per heavy atom. The highest BCUT2D eigenvalue weighted by molar-refractivity contribution is 6.31. The van der Waals surface area contributed by atoms with Crippen LogP contribution < -0.4 is 5.73 Å². The van der Waals surface area contributed by atoms with Crippen LogP contribution in [0.1, 0.15) is 25.8 Å². The van der Waals surface area contributed by atoms with Crippen molar-refractivity contribution in [1.29, 1.82) is 0 Å². The van der Waals surface area contributed by atoms with Gasteiger partial charge in [-0.2, -0.15) is 0 Å². The summed E-state index contributed by atoms with van der Waals surface area (Å²) in [6.45, 7) is 7.37. The predicted molar refractivity (Wildman–Crippen MR) is 67.1 cm³/mol. The summed E-state index contributed by atoms with van der Waals surface area (Å²) in [7, 11) is 0. The fraction of sp³-hybridized carbons (Fsp3) is 0.500. The van der Waals surface area contributed by atoms with Gasteiger partial charge in [0.25, 0.3) is 0 Å². The molecule has 1 aromatic rings. The summed E-state index contributed by atoms with van der Waals surface area (Å²) in [6.07, 6.45) is 1.16. The second-order valence-corrected chi connectivity index (χ2v) is 4.13. The van der Waals surface area contributed by atoms with Crippen molar-refractivity contribution >= 4 is 17.3 Å². The number of halogens is 1. The quantitative estimate of drug-likeness (QED) is 0.782. The van der Waals surface area contributed by atoms with Crippen LogP contribution in [0.15, 0.2) is 18.2 Å². The molecule has 1 rings (SSSR count). The molecular formula is C12H19ClN2. The molecule has 84 valence electrons. The Hall–Kier alpha value is -0.730. The molecule has 0 aliphatic carbocycles. The molecule has 2 nitrogen and oxygen atoms in total. The lowest BCUT2D eigenvalue weighted by Gasteiger charge is -2.20. The van der Waals surface area contributed by atoms with Gasteiger partial charge < -0.3 is 5.73 Å². The lowest BCUT2D eigenvalue weighted by molar-refractivity contribution is 0.281. The highest BCUT2D eigenvalue weighted by atomic mass is 35.5. The molecule has 2 N–H and O–H groups in total. The van der Waals surface area contributed by atoms with Gasteiger partial charge in [-0.3, -0.25) is 4.90 Å². The zero-order chi connectivity index (χ0) is 11.3. The zero-order valence-corrected chi connectivity index (χ0v) is 10.2. The fourth-order valence-electron chi connectivity index (χ4n) is 1.62. The maximum absolute atomic E-state index is 6.12. The SMILES string of the molecule is CCCN(CC)Cc1cc(N)ccc1Cl. The lowest BCUT2D eigenvalue weighted by Crippen LogP contribution is -2.23. The summed E-state index contributed by atoms with van der Waals surface area (Å²) in [5.74, 6) is 0. The predicted octanol–water partition coefficient (Wildman–Crippen LogP) is 3.15. The van der Waals surface area contributed by atoms with Crippen LogP contribution in [-0.4, -0.2) is 18.0 Å². The van der Waals surface area contributed by atoms with E-state index in [-0.39, 0.29) is 0 Å². The number of benzene rings is 1. The van der Waals surface area contributed by atoms with Gasteiger partial charge in [-0.25, -0.2) is 0 Å². The van der Waals surface area contributed by atoms with E-state index in [1.54, 1.807) is 0 Å². The highest BCUT2D eigenvalue weighted by Gasteiger charge is 2.06. The molecule has 0 aromatic heterocycles. The van der Waals surface area contributed by atoms with Gasteiger partial charge in [-0.05, 0) is 43.3 Å². The van der Waals surface area contributed by atoms with Gasteiger partial charge in [0, 0.05) is 17.3 Å². The second-order valence-electron chi connectivity index (χ2n) is 3.72. The van der Waals surface area contributed by atoms with E-state index in [1.165, 1.54) is 0 Å². The molecule has 0 unspecified atom stereocenters. The molecule has 0 atom stereocenters. The third-order valence-electron chi connectivity index (χ3n) is 2.45. The summed E-state index contributed by atoms with van der Waals surface area (Å²) < 4.78 is 0. The Morgan fingerprint density at radius 1 is 1.33 bits per heavy atom. The molecule has 0 aliphatic rings. The average molecular weight is 227 g/mol. The molecule has 0 radical (unpaired) electrons. The van der Waals surface area contributed by atoms with E-state index < -0.39 is 0 Å². The highest BCUT2D eigenvalue weighted by Crippen LogP contribution is 2.20. The van der Waals surface area contributed by atoms with Crippen molar-refractivity contribution < 1.29 is 0 Å². The molecular weight excluding hydrogens is 208 g/mol. The number of hydrogen-bond acceptors (Lipinski definition) is 2. The first kappa shape index (κ1) is 12.3. The lowest BCUT2D eigenvalue weighted by atomic mass is 10.2. The molecule has 0 fully saturated rings. The van der Waals surface area contributed by atoms with E-state index in [0.29, 0.717) is 0 Å². The number of nitrogens with zero attached hydrogens (tertiary/aromatic N) is 1. The fourth-order valence-corrected chi connectivity index (χ4v) is 1.80. The second kappa shape index (κ2) is 5.99. The summed E-state index contributed by atoms with van der Waals surface area (Å²) in [5.41, 5.74) is 7.64. The molecule has 0 spiro atoms. The molecule has 3 heteroatoms. The standard InChI is InChI=1S/C12H19ClN2/c1-3-7-15(4-2)9-10-8-11(14)5-6-12(10)13/h5-6,8H,3-4,7,9,14H2,1-2H3. The summed E-state index contributed by atoms with van der Waals surface area (Å²) >= 11 is 6.12. The first-order valence-electron chi connectivity index (χ1n) is 5.43. The maximum atomic E-state index is 6.12. The largest absolute Gasteiger partial charge is 0.399 e. The Kier molecular flexibility index (Phi) is 4.92. The third kappa shape index (κ3) is 3.73. The molecule has 1 aromatic carbocycles. The number of nitrogen functional groups attached to an aromatic ring is 1. The van der Waals surface area contributed by atoms with Gasteiger partial charge in [-0.1, -0.05) is 25.4 Å². The molecule has 0 saturated carbocycles. The molecule has 0 aliphatic heterocycles. The van der Waals surface area contributed by atoms with Gasteiger partial charge in [0.05, 0.1) is 0 Å². The Labute approximate surface area is 97.0 Å². The van der Waals surface area contributed by atoms with Gasteiger partial charge in [0.2, 0.25) is 0 Å². The maximum Gasteiger partial charge on any atom is 0.0452 e. The van der Waals surface area contributed by atoms with E-state index in [9.17, 15) is 0 Å². The Bertz CT molecular complexity index is 312. The minimum atomic E-state index is 0.780. The zero-order valence-electron chi connectivity index (χ0n) is 9.46. The minimum absolute atomic E-state index is 0.780. The van der Waals surface area contributed by atoms with E-state index >= 15 is 0 Å². The van der Waals surface area contributed by atoms with Gasteiger partial charge in [0.15, 0.2) is 0 Å². The van der Waals surface area contributed by atoms with Crippen LogP contribution in [0.4, 0.5) is 5.69 Å². The number of anilines is 1. The monoisotopic (exact) mass is 226 g/mol. The van der Waals surface area contributed by atoms with Crippen molar-refractivity contribution in [3.63, 3.8) is 0 Å². The van der Waals surface area contributed by atoms with Gasteiger partial charge >= 0.3 is 0 Å². The van der Waals surface area contributed by atoms with E-state index in [4.69, 9.17) is 17.3 Å². The molecule has 0 amide bonds. The summed E-state index contributed by atoms with van der Waals surface area (Å²) in [5, 5.41) is 0.804. The van der Waals surface area contributed by atoms with Crippen LogP contribution in [0.25, 0.3) is 0 Å². The van der Waals surface area contributed by atoms with E-state index in [1.807, 2.05) is 18.2 Å². The number of nitrogens with two attached hydrogens (primary N) is 1. The molecule has 0 saturated heterocycles. The van der Waals surface area contributed by atoms with Crippen molar-refractivity contribution in [2.75, 3.05) is 18.8 Å². The van der Waals surface area contributed by atoms with Crippen LogP contribution in [0.5, 0.6) is 0 Å². The Morgan fingerprint density at radius 3 is 2.67 bits per heavy atom. The van der Waals surface area contributed by atoms with Crippen LogP contribution in [0, 0.1) is 0 Å². The van der Waals surface area contributed by atoms with Crippen LogP contribution in [0.3, 0.4) is 0 Å². The first-order valence-corrected chi connectivity index (χ1v) is 5.81. The van der Waals surface area contributed by atoms with Crippen molar-refractivity contribution in [2.24, 2.45) is 0 Å². The van der Waals surface area contributed by atoms with Crippen LogP contribution in [0.2, 0.25) is 5.02 Å². The molecule has 0 bridgehead atoms. The van der Waals surface area contributed by atoms with Crippen molar-refractivity contribution in [2.45, 2.75) is 26.8 Å². The smallest absolute Gasteiger partial charge is 0.0452 e. The Balaban J connectivity index is 2.73. The van der Waals surface area contributed by atoms with Crippen molar-refractivity contribution in [3.05, 3.63) is 28.8 Å². The topological polar surface area (TPSA) is 29.3 Å². The minimum Gasteiger partial charge on any atom is -0.399 e. The summed E-state index contributed by atoms with van der Waals surface area (Å²) in [6, 6.07) is 5.66. The first-order chi connectivity index (χ1) is 7.17. The van der Waals surface area contributed by atoms with Crippen LogP contribution in [-0.2, 0) is 6.54 Å². The number of rotatable bonds is 5. The van der Waals surface area contributed by atoms with E-state index in [2.05, 4.69) is 18.7 Å². The van der Waals surface area contributed by atoms with Crippen molar-refractivity contribution in [3.8, 4) is 0 Å². The normalized spacial score (nSPS) is 10.9. The van der Waals surface area contributed by atoms with Crippen molar-refractivity contribution in [1.82, 2.24) is 4.90 Å². The van der Waals surface area contributed by atoms with E-state index in [0.717, 1.165) is 42.3 Å². The average Bonchev–Trinajstić information content (AvgIpc) is 2.22. The number of hydrogen-bond donors (Lipinski definition) is 1. The van der Waals surface area contributed by atoms with Gasteiger partial charge in [-0.15, -0.1) is 0 Å². The third-order valence-corrected chi connectivity index (χ3v) is 2.82. The van der Waals surface area contributed by atoms with Gasteiger partial charge in [0.1, 0.15) is 0 Å². The summed E-state index contributed by atoms with van der Waals surface area (Å²) in [4.78, 5) is 2.36.